The van der Waals surface area contributed by atoms with E-state index >= 15 is 0 Å². The fourth-order valence-corrected chi connectivity index (χ4v) is 5.26. The third-order valence-corrected chi connectivity index (χ3v) is 7.40. The summed E-state index contributed by atoms with van der Waals surface area (Å²) in [6.07, 6.45) is 5.22. The Balaban J connectivity index is 1.30. The minimum absolute atomic E-state index is 0.0803. The van der Waals surface area contributed by atoms with E-state index in [1.54, 1.807) is 6.07 Å². The van der Waals surface area contributed by atoms with Crippen LogP contribution in [0.15, 0.2) is 29.3 Å². The second-order valence-corrected chi connectivity index (χ2v) is 10.1. The lowest BCUT2D eigenvalue weighted by Gasteiger charge is -2.31. The molecule has 0 radical (unpaired) electrons. The summed E-state index contributed by atoms with van der Waals surface area (Å²) in [6, 6.07) is 5.83. The largest absolute Gasteiger partial charge is 0.495 e. The lowest BCUT2D eigenvalue weighted by molar-refractivity contribution is -0.125. The van der Waals surface area contributed by atoms with Crippen LogP contribution in [0.2, 0.25) is 0 Å². The number of aromatic nitrogens is 3. The minimum Gasteiger partial charge on any atom is -0.495 e. The molecular weight excluding hydrogens is 468 g/mol. The van der Waals surface area contributed by atoms with Crippen molar-refractivity contribution in [1.82, 2.24) is 19.9 Å². The van der Waals surface area contributed by atoms with E-state index in [0.717, 1.165) is 37.8 Å². The molecule has 2 aromatic heterocycles. The second-order valence-electron chi connectivity index (χ2n) is 9.15. The predicted molar refractivity (Wildman–Crippen MR) is 134 cm³/mol. The molecule has 1 unspecified atom stereocenters. The van der Waals surface area contributed by atoms with Crippen molar-refractivity contribution in [3.8, 4) is 5.75 Å². The Morgan fingerprint density at radius 3 is 2.86 bits per heavy atom. The monoisotopic (exact) mass is 496 g/mol. The number of amides is 2. The average Bonchev–Trinajstić information content (AvgIpc) is 3.55. The third kappa shape index (κ3) is 5.14. The van der Waals surface area contributed by atoms with Gasteiger partial charge in [0, 0.05) is 19.1 Å². The van der Waals surface area contributed by atoms with Gasteiger partial charge in [-0.05, 0) is 50.3 Å². The first-order valence-corrected chi connectivity index (χ1v) is 12.6. The van der Waals surface area contributed by atoms with Crippen LogP contribution in [0.25, 0.3) is 10.3 Å². The smallest absolute Gasteiger partial charge is 0.273 e. The Labute approximate surface area is 206 Å². The standard InChI is InChI=1S/C24H28N6O4S/c1-14-5-8-18(34-2)17(10-14)27-19(31)12-30-13-25-21-20(23(30)33)35-24(28-21)29-9-3-4-15(11-29)22(32)26-16-6-7-16/h5,8,10,13,15-16H,3-4,6-7,9,11-12H2,1-2H3,(H,26,32)(H,27,31). The number of rotatable bonds is 7. The number of nitrogens with one attached hydrogen (secondary N) is 2. The molecule has 11 heteroatoms. The zero-order valence-corrected chi connectivity index (χ0v) is 20.6. The maximum Gasteiger partial charge on any atom is 0.273 e. The van der Waals surface area contributed by atoms with Crippen LogP contribution in [0.5, 0.6) is 5.75 Å². The summed E-state index contributed by atoms with van der Waals surface area (Å²) in [7, 11) is 1.54. The number of methoxy groups -OCH3 is 1. The van der Waals surface area contributed by atoms with Gasteiger partial charge >= 0.3 is 0 Å². The maximum absolute atomic E-state index is 13.1. The van der Waals surface area contributed by atoms with Gasteiger partial charge in [-0.3, -0.25) is 19.0 Å². The van der Waals surface area contributed by atoms with Crippen molar-refractivity contribution in [1.29, 1.82) is 0 Å². The van der Waals surface area contributed by atoms with Gasteiger partial charge in [0.05, 0.1) is 18.7 Å². The molecule has 10 nitrogen and oxygen atoms in total. The molecule has 2 amide bonds. The van der Waals surface area contributed by atoms with Crippen molar-refractivity contribution in [3.63, 3.8) is 0 Å². The van der Waals surface area contributed by atoms with Crippen molar-refractivity contribution < 1.29 is 14.3 Å². The third-order valence-electron chi connectivity index (χ3n) is 6.30. The van der Waals surface area contributed by atoms with Crippen LogP contribution in [-0.2, 0) is 16.1 Å². The molecule has 2 fully saturated rings. The molecule has 1 saturated carbocycles. The van der Waals surface area contributed by atoms with Crippen LogP contribution in [0.1, 0.15) is 31.2 Å². The number of carbonyl (C=O) groups is 2. The number of nitrogens with zero attached hydrogens (tertiary/aromatic N) is 4. The Bertz CT molecular complexity index is 1330. The van der Waals surface area contributed by atoms with Crippen LogP contribution in [0.3, 0.4) is 0 Å². The molecule has 0 bridgehead atoms. The van der Waals surface area contributed by atoms with E-state index in [9.17, 15) is 14.4 Å². The first-order chi connectivity index (χ1) is 16.9. The van der Waals surface area contributed by atoms with Crippen LogP contribution in [-0.4, -0.2) is 52.6 Å². The van der Waals surface area contributed by atoms with Crippen LogP contribution >= 0.6 is 11.3 Å². The summed E-state index contributed by atoms with van der Waals surface area (Å²) < 4.78 is 6.98. The van der Waals surface area contributed by atoms with Crippen LogP contribution < -0.4 is 25.8 Å². The van der Waals surface area contributed by atoms with Gasteiger partial charge < -0.3 is 20.3 Å². The second kappa shape index (κ2) is 9.65. The molecule has 1 aromatic carbocycles. The summed E-state index contributed by atoms with van der Waals surface area (Å²) in [5.41, 5.74) is 1.57. The number of ether oxygens (including phenoxy) is 1. The van der Waals surface area contributed by atoms with E-state index in [0.29, 0.717) is 39.5 Å². The highest BCUT2D eigenvalue weighted by Gasteiger charge is 2.31. The van der Waals surface area contributed by atoms with E-state index in [4.69, 9.17) is 4.74 Å². The molecule has 1 atom stereocenters. The molecule has 2 aliphatic rings. The molecule has 3 heterocycles. The number of hydrogen-bond acceptors (Lipinski definition) is 8. The lowest BCUT2D eigenvalue weighted by atomic mass is 9.97. The first kappa shape index (κ1) is 23.3. The van der Waals surface area contributed by atoms with Crippen LogP contribution in [0, 0.1) is 12.8 Å². The Morgan fingerprint density at radius 1 is 1.26 bits per heavy atom. The lowest BCUT2D eigenvalue weighted by Crippen LogP contribution is -2.43. The number of thiazole rings is 1. The number of piperidine rings is 1. The Hall–Kier alpha value is -3.47. The SMILES string of the molecule is COc1ccc(C)cc1NC(=O)Cn1cnc2nc(N3CCCC(C(=O)NC4CC4)C3)sc2c1=O. The number of hydrogen-bond donors (Lipinski definition) is 2. The van der Waals surface area contributed by atoms with E-state index in [2.05, 4.69) is 25.5 Å². The van der Waals surface area contributed by atoms with Gasteiger partial charge in [-0.2, -0.15) is 4.98 Å². The predicted octanol–water partition coefficient (Wildman–Crippen LogP) is 2.30. The molecule has 1 saturated heterocycles. The molecule has 1 aliphatic heterocycles. The van der Waals surface area contributed by atoms with Gasteiger partial charge in [-0.1, -0.05) is 17.4 Å². The van der Waals surface area contributed by atoms with Gasteiger partial charge in [0.1, 0.15) is 23.3 Å². The molecule has 3 aromatic rings. The average molecular weight is 497 g/mol. The number of carbonyl (C=O) groups excluding carboxylic acids is 2. The zero-order valence-electron chi connectivity index (χ0n) is 19.7. The van der Waals surface area contributed by atoms with Gasteiger partial charge in [-0.25, -0.2) is 4.98 Å². The van der Waals surface area contributed by atoms with Crippen molar-refractivity contribution in [2.45, 2.75) is 45.2 Å². The summed E-state index contributed by atoms with van der Waals surface area (Å²) in [6.45, 7) is 3.09. The van der Waals surface area contributed by atoms with Gasteiger partial charge in [0.2, 0.25) is 11.8 Å². The van der Waals surface area contributed by atoms with E-state index < -0.39 is 0 Å². The van der Waals surface area contributed by atoms with E-state index in [-0.39, 0.29) is 29.8 Å². The summed E-state index contributed by atoms with van der Waals surface area (Å²) >= 11 is 1.26. The summed E-state index contributed by atoms with van der Waals surface area (Å²) in [4.78, 5) is 49.2. The van der Waals surface area contributed by atoms with Gasteiger partial charge in [-0.15, -0.1) is 0 Å². The Morgan fingerprint density at radius 2 is 2.09 bits per heavy atom. The molecule has 2 N–H and O–H groups in total. The maximum atomic E-state index is 13.1. The van der Waals surface area contributed by atoms with Crippen molar-refractivity contribution >= 4 is 44.3 Å². The number of aryl methyl sites for hydroxylation is 1. The van der Waals surface area contributed by atoms with Crippen molar-refractivity contribution in [3.05, 3.63) is 40.4 Å². The number of anilines is 2. The fraction of sp³-hybridized carbons (Fsp3) is 0.458. The fourth-order valence-electron chi connectivity index (χ4n) is 4.26. The van der Waals surface area contributed by atoms with Gasteiger partial charge in [0.25, 0.3) is 5.56 Å². The highest BCUT2D eigenvalue weighted by atomic mass is 32.1. The molecule has 0 spiro atoms. The van der Waals surface area contributed by atoms with Crippen molar-refractivity contribution in [2.24, 2.45) is 5.92 Å². The normalized spacial score (nSPS) is 17.9. The zero-order chi connectivity index (χ0) is 24.5. The summed E-state index contributed by atoms with van der Waals surface area (Å²) in [5, 5.41) is 6.58. The summed E-state index contributed by atoms with van der Waals surface area (Å²) in [5.74, 6) is 0.211. The topological polar surface area (TPSA) is 118 Å². The van der Waals surface area contributed by atoms with E-state index in [1.165, 1.54) is 29.3 Å². The van der Waals surface area contributed by atoms with E-state index in [1.807, 2.05) is 19.1 Å². The first-order valence-electron chi connectivity index (χ1n) is 11.8. The van der Waals surface area contributed by atoms with Crippen molar-refractivity contribution in [2.75, 3.05) is 30.4 Å². The molecule has 5 rings (SSSR count). The van der Waals surface area contributed by atoms with Crippen LogP contribution in [0.4, 0.5) is 10.8 Å². The quantitative estimate of drug-likeness (QED) is 0.515. The molecular formula is C24H28N6O4S. The Kier molecular flexibility index (Phi) is 6.42. The molecule has 184 valence electrons. The minimum atomic E-state index is -0.359. The van der Waals surface area contributed by atoms with Gasteiger partial charge in [0.15, 0.2) is 10.8 Å². The number of fused-ring (bicyclic) bond motifs is 1. The highest BCUT2D eigenvalue weighted by molar-refractivity contribution is 7.22. The highest BCUT2D eigenvalue weighted by Crippen LogP contribution is 2.30. The number of benzene rings is 1. The molecule has 35 heavy (non-hydrogen) atoms. The molecule has 1 aliphatic carbocycles.